The van der Waals surface area contributed by atoms with Gasteiger partial charge in [0.1, 0.15) is 0 Å². The Morgan fingerprint density at radius 2 is 1.71 bits per heavy atom. The van der Waals surface area contributed by atoms with Gasteiger partial charge in [0.05, 0.1) is 6.04 Å². The van der Waals surface area contributed by atoms with Crippen molar-refractivity contribution in [1.29, 1.82) is 0 Å². The standard InChI is InChI=1S/C11H25NO2/c1-6-7-12-10(8-9(2)3)11(13-4)14-5/h9-12H,6-8H2,1-5H3. The Bertz CT molecular complexity index is 124. The molecule has 0 aliphatic heterocycles. The Morgan fingerprint density at radius 3 is 2.07 bits per heavy atom. The van der Waals surface area contributed by atoms with Crippen LogP contribution in [0.25, 0.3) is 0 Å². The number of rotatable bonds is 8. The van der Waals surface area contributed by atoms with Crippen molar-refractivity contribution in [3.8, 4) is 0 Å². The van der Waals surface area contributed by atoms with Gasteiger partial charge in [-0.05, 0) is 25.3 Å². The van der Waals surface area contributed by atoms with E-state index in [-0.39, 0.29) is 6.29 Å². The molecule has 0 aliphatic carbocycles. The molecule has 0 radical (unpaired) electrons. The molecule has 0 aromatic heterocycles. The second-order valence-corrected chi connectivity index (χ2v) is 4.03. The molecular formula is C11H25NO2. The summed E-state index contributed by atoms with van der Waals surface area (Å²) in [5.41, 5.74) is 0. The maximum atomic E-state index is 5.27. The first-order chi connectivity index (χ1) is 6.65. The van der Waals surface area contributed by atoms with Gasteiger partial charge in [0.15, 0.2) is 6.29 Å². The number of nitrogens with one attached hydrogen (secondary N) is 1. The summed E-state index contributed by atoms with van der Waals surface area (Å²) in [5, 5.41) is 3.45. The largest absolute Gasteiger partial charge is 0.354 e. The third-order valence-electron chi connectivity index (χ3n) is 2.18. The van der Waals surface area contributed by atoms with Crippen LogP contribution in [0.5, 0.6) is 0 Å². The molecule has 1 unspecified atom stereocenters. The Hall–Kier alpha value is -0.120. The van der Waals surface area contributed by atoms with Gasteiger partial charge in [-0.25, -0.2) is 0 Å². The summed E-state index contributed by atoms with van der Waals surface area (Å²) in [6.45, 7) is 7.60. The third kappa shape index (κ3) is 5.58. The lowest BCUT2D eigenvalue weighted by Crippen LogP contribution is -2.43. The van der Waals surface area contributed by atoms with Crippen LogP contribution in [0.4, 0.5) is 0 Å². The van der Waals surface area contributed by atoms with Crippen LogP contribution >= 0.6 is 0 Å². The topological polar surface area (TPSA) is 30.5 Å². The summed E-state index contributed by atoms with van der Waals surface area (Å²) in [6, 6.07) is 0.296. The molecule has 3 heteroatoms. The van der Waals surface area contributed by atoms with Crippen molar-refractivity contribution in [1.82, 2.24) is 5.32 Å². The van der Waals surface area contributed by atoms with E-state index < -0.39 is 0 Å². The minimum atomic E-state index is -0.135. The highest BCUT2D eigenvalue weighted by molar-refractivity contribution is 4.72. The molecule has 1 N–H and O–H groups in total. The Morgan fingerprint density at radius 1 is 1.14 bits per heavy atom. The molecule has 14 heavy (non-hydrogen) atoms. The molecule has 1 atom stereocenters. The Kier molecular flexibility index (Phi) is 8.14. The van der Waals surface area contributed by atoms with Crippen LogP contribution in [0.2, 0.25) is 0 Å². The summed E-state index contributed by atoms with van der Waals surface area (Å²) in [5.74, 6) is 0.650. The van der Waals surface area contributed by atoms with Crippen LogP contribution in [0.3, 0.4) is 0 Å². The fourth-order valence-corrected chi connectivity index (χ4v) is 1.55. The van der Waals surface area contributed by atoms with Gasteiger partial charge in [0.2, 0.25) is 0 Å². The molecule has 0 bridgehead atoms. The normalized spacial score (nSPS) is 13.9. The van der Waals surface area contributed by atoms with E-state index in [4.69, 9.17) is 9.47 Å². The zero-order chi connectivity index (χ0) is 11.0. The molecule has 0 fully saturated rings. The summed E-state index contributed by atoms with van der Waals surface area (Å²) >= 11 is 0. The summed E-state index contributed by atoms with van der Waals surface area (Å²) < 4.78 is 10.5. The molecule has 0 aromatic rings. The van der Waals surface area contributed by atoms with E-state index in [1.807, 2.05) is 0 Å². The van der Waals surface area contributed by atoms with E-state index in [2.05, 4.69) is 26.1 Å². The predicted octanol–water partition coefficient (Wildman–Crippen LogP) is 2.02. The quantitative estimate of drug-likeness (QED) is 0.612. The maximum Gasteiger partial charge on any atom is 0.171 e. The molecule has 3 nitrogen and oxygen atoms in total. The van der Waals surface area contributed by atoms with E-state index in [0.717, 1.165) is 19.4 Å². The second-order valence-electron chi connectivity index (χ2n) is 4.03. The maximum absolute atomic E-state index is 5.27. The van der Waals surface area contributed by atoms with Gasteiger partial charge in [0.25, 0.3) is 0 Å². The fraction of sp³-hybridized carbons (Fsp3) is 1.00. The lowest BCUT2D eigenvalue weighted by Gasteiger charge is -2.27. The van der Waals surface area contributed by atoms with Crippen molar-refractivity contribution in [2.24, 2.45) is 5.92 Å². The SMILES string of the molecule is CCCNC(CC(C)C)C(OC)OC. The number of ether oxygens (including phenoxy) is 2. The van der Waals surface area contributed by atoms with Gasteiger partial charge in [-0.1, -0.05) is 20.8 Å². The van der Waals surface area contributed by atoms with Crippen LogP contribution in [0, 0.1) is 5.92 Å². The molecule has 0 heterocycles. The lowest BCUT2D eigenvalue weighted by atomic mass is 10.0. The highest BCUT2D eigenvalue weighted by Crippen LogP contribution is 2.11. The van der Waals surface area contributed by atoms with Crippen LogP contribution in [-0.4, -0.2) is 33.1 Å². The Balaban J connectivity index is 4.06. The number of hydrogen-bond donors (Lipinski definition) is 1. The lowest BCUT2D eigenvalue weighted by molar-refractivity contribution is -0.125. The first kappa shape index (κ1) is 13.9. The summed E-state index contributed by atoms with van der Waals surface area (Å²) in [7, 11) is 3.38. The summed E-state index contributed by atoms with van der Waals surface area (Å²) in [4.78, 5) is 0. The van der Waals surface area contributed by atoms with E-state index in [1.165, 1.54) is 0 Å². The fourth-order valence-electron chi connectivity index (χ4n) is 1.55. The predicted molar refractivity (Wildman–Crippen MR) is 59.3 cm³/mol. The second kappa shape index (κ2) is 8.21. The van der Waals surface area contributed by atoms with Crippen LogP contribution in [0.1, 0.15) is 33.6 Å². The van der Waals surface area contributed by atoms with Crippen molar-refractivity contribution in [2.45, 2.75) is 45.9 Å². The Labute approximate surface area is 88.2 Å². The van der Waals surface area contributed by atoms with E-state index >= 15 is 0 Å². The van der Waals surface area contributed by atoms with Crippen LogP contribution < -0.4 is 5.32 Å². The zero-order valence-corrected chi connectivity index (χ0v) is 10.2. The highest BCUT2D eigenvalue weighted by atomic mass is 16.7. The molecule has 0 saturated carbocycles. The van der Waals surface area contributed by atoms with Crippen LogP contribution in [0.15, 0.2) is 0 Å². The first-order valence-electron chi connectivity index (χ1n) is 5.44. The minimum absolute atomic E-state index is 0.135. The smallest absolute Gasteiger partial charge is 0.171 e. The van der Waals surface area contributed by atoms with Crippen molar-refractivity contribution < 1.29 is 9.47 Å². The van der Waals surface area contributed by atoms with E-state index in [0.29, 0.717) is 12.0 Å². The van der Waals surface area contributed by atoms with Gasteiger partial charge in [-0.3, -0.25) is 0 Å². The number of methoxy groups -OCH3 is 2. The van der Waals surface area contributed by atoms with Crippen LogP contribution in [-0.2, 0) is 9.47 Å². The molecule has 0 aliphatic rings. The van der Waals surface area contributed by atoms with Crippen molar-refractivity contribution in [2.75, 3.05) is 20.8 Å². The zero-order valence-electron chi connectivity index (χ0n) is 10.2. The number of hydrogen-bond acceptors (Lipinski definition) is 3. The molecule has 0 amide bonds. The average Bonchev–Trinajstić information content (AvgIpc) is 2.15. The first-order valence-corrected chi connectivity index (χ1v) is 5.44. The molecule has 0 rings (SSSR count). The van der Waals surface area contributed by atoms with Gasteiger partial charge in [-0.2, -0.15) is 0 Å². The minimum Gasteiger partial charge on any atom is -0.354 e. The molecule has 0 saturated heterocycles. The molecule has 0 spiro atoms. The average molecular weight is 203 g/mol. The molecular weight excluding hydrogens is 178 g/mol. The van der Waals surface area contributed by atoms with Gasteiger partial charge < -0.3 is 14.8 Å². The summed E-state index contributed by atoms with van der Waals surface area (Å²) in [6.07, 6.45) is 2.07. The highest BCUT2D eigenvalue weighted by Gasteiger charge is 2.20. The van der Waals surface area contributed by atoms with Gasteiger partial charge >= 0.3 is 0 Å². The van der Waals surface area contributed by atoms with Gasteiger partial charge in [0, 0.05) is 14.2 Å². The third-order valence-corrected chi connectivity index (χ3v) is 2.18. The molecule has 86 valence electrons. The van der Waals surface area contributed by atoms with Crippen molar-refractivity contribution in [3.05, 3.63) is 0 Å². The van der Waals surface area contributed by atoms with Gasteiger partial charge in [-0.15, -0.1) is 0 Å². The molecule has 0 aromatic carbocycles. The van der Waals surface area contributed by atoms with Crippen molar-refractivity contribution in [3.63, 3.8) is 0 Å². The van der Waals surface area contributed by atoms with E-state index in [9.17, 15) is 0 Å². The monoisotopic (exact) mass is 203 g/mol. The van der Waals surface area contributed by atoms with Crippen molar-refractivity contribution >= 4 is 0 Å². The van der Waals surface area contributed by atoms with E-state index in [1.54, 1.807) is 14.2 Å².